The smallest absolute Gasteiger partial charge is 0.124 e. The van der Waals surface area contributed by atoms with Gasteiger partial charge in [0, 0.05) is 23.7 Å². The van der Waals surface area contributed by atoms with E-state index in [0.29, 0.717) is 24.7 Å². The molecule has 4 aromatic carbocycles. The maximum absolute atomic E-state index is 10.5. The summed E-state index contributed by atoms with van der Waals surface area (Å²) in [6.45, 7) is 1.53. The fraction of sp³-hybridized carbons (Fsp3) is 0.154. The molecule has 1 atom stereocenters. The van der Waals surface area contributed by atoms with Crippen LogP contribution in [0.5, 0.6) is 5.75 Å². The molecule has 4 aromatic rings. The van der Waals surface area contributed by atoms with E-state index in [-0.39, 0.29) is 12.4 Å². The summed E-state index contributed by atoms with van der Waals surface area (Å²) < 4.78 is 6.17. The van der Waals surface area contributed by atoms with Gasteiger partial charge in [0.2, 0.25) is 0 Å². The first-order valence-corrected chi connectivity index (χ1v) is 10.4. The topological polar surface area (TPSA) is 41.5 Å². The van der Waals surface area contributed by atoms with E-state index in [4.69, 9.17) is 16.3 Å². The maximum Gasteiger partial charge on any atom is 0.124 e. The highest BCUT2D eigenvalue weighted by molar-refractivity contribution is 6.30. The fourth-order valence-corrected chi connectivity index (χ4v) is 3.63. The van der Waals surface area contributed by atoms with E-state index in [1.54, 1.807) is 0 Å². The Hall–Kier alpha value is -2.56. The van der Waals surface area contributed by atoms with Crippen LogP contribution < -0.4 is 10.1 Å². The van der Waals surface area contributed by atoms with Crippen molar-refractivity contribution in [1.29, 1.82) is 0 Å². The molecule has 0 aliphatic carbocycles. The van der Waals surface area contributed by atoms with E-state index in [1.807, 2.05) is 72.8 Å². The molecule has 0 saturated carbocycles. The number of halogens is 2. The second kappa shape index (κ2) is 11.2. The average molecular weight is 454 g/mol. The third-order valence-electron chi connectivity index (χ3n) is 5.13. The summed E-state index contributed by atoms with van der Waals surface area (Å²) in [6.07, 6.45) is -0.556. The minimum Gasteiger partial charge on any atom is -0.489 e. The summed E-state index contributed by atoms with van der Waals surface area (Å²) in [5, 5.41) is 16.9. The van der Waals surface area contributed by atoms with Gasteiger partial charge in [-0.05, 0) is 40.1 Å². The summed E-state index contributed by atoms with van der Waals surface area (Å²) in [7, 11) is 0. The highest BCUT2D eigenvalue weighted by Gasteiger charge is 2.11. The lowest BCUT2D eigenvalue weighted by Gasteiger charge is -2.17. The summed E-state index contributed by atoms with van der Waals surface area (Å²) in [4.78, 5) is 0. The van der Waals surface area contributed by atoms with Gasteiger partial charge in [0.05, 0.1) is 6.10 Å². The fourth-order valence-electron chi connectivity index (χ4n) is 3.50. The zero-order valence-electron chi connectivity index (χ0n) is 17.0. The molecule has 0 aliphatic heterocycles. The lowest BCUT2D eigenvalue weighted by Crippen LogP contribution is -2.21. The second-order valence-electron chi connectivity index (χ2n) is 7.24. The Kier molecular flexibility index (Phi) is 8.33. The van der Waals surface area contributed by atoms with E-state index < -0.39 is 6.10 Å². The Morgan fingerprint density at radius 1 is 0.839 bits per heavy atom. The monoisotopic (exact) mass is 453 g/mol. The lowest BCUT2D eigenvalue weighted by molar-refractivity contribution is 0.174. The van der Waals surface area contributed by atoms with Crippen molar-refractivity contribution in [2.45, 2.75) is 19.3 Å². The van der Waals surface area contributed by atoms with Crippen molar-refractivity contribution in [2.24, 2.45) is 0 Å². The number of fused-ring (bicyclic) bond motifs is 1. The zero-order chi connectivity index (χ0) is 20.8. The molecule has 5 heteroatoms. The first kappa shape index (κ1) is 23.1. The van der Waals surface area contributed by atoms with Gasteiger partial charge in [-0.2, -0.15) is 0 Å². The van der Waals surface area contributed by atoms with Crippen molar-refractivity contribution in [3.05, 3.63) is 113 Å². The first-order chi connectivity index (χ1) is 14.7. The third kappa shape index (κ3) is 5.99. The molecule has 0 fully saturated rings. The highest BCUT2D eigenvalue weighted by atomic mass is 35.5. The number of nitrogens with one attached hydrogen (secondary N) is 1. The Morgan fingerprint density at radius 3 is 2.32 bits per heavy atom. The molecule has 1 unspecified atom stereocenters. The van der Waals surface area contributed by atoms with Crippen LogP contribution in [-0.2, 0) is 13.2 Å². The molecule has 0 amide bonds. The van der Waals surface area contributed by atoms with Crippen LogP contribution in [-0.4, -0.2) is 11.7 Å². The van der Waals surface area contributed by atoms with Crippen LogP contribution in [0.2, 0.25) is 5.02 Å². The zero-order valence-corrected chi connectivity index (χ0v) is 18.6. The second-order valence-corrected chi connectivity index (χ2v) is 7.67. The molecule has 4 rings (SSSR count). The Morgan fingerprint density at radius 2 is 1.55 bits per heavy atom. The van der Waals surface area contributed by atoms with E-state index in [0.717, 1.165) is 33.2 Å². The van der Waals surface area contributed by atoms with Crippen molar-refractivity contribution in [2.75, 3.05) is 6.54 Å². The van der Waals surface area contributed by atoms with Crippen LogP contribution in [0, 0.1) is 0 Å². The van der Waals surface area contributed by atoms with Crippen LogP contribution >= 0.6 is 24.0 Å². The molecule has 0 aromatic heterocycles. The van der Waals surface area contributed by atoms with Gasteiger partial charge < -0.3 is 15.2 Å². The predicted octanol–water partition coefficient (Wildman–Crippen LogP) is 6.32. The van der Waals surface area contributed by atoms with Crippen LogP contribution in [0.25, 0.3) is 10.8 Å². The van der Waals surface area contributed by atoms with Gasteiger partial charge in [0.25, 0.3) is 0 Å². The van der Waals surface area contributed by atoms with Gasteiger partial charge >= 0.3 is 0 Å². The lowest BCUT2D eigenvalue weighted by atomic mass is 10.0. The number of benzene rings is 4. The van der Waals surface area contributed by atoms with Gasteiger partial charge in [-0.25, -0.2) is 0 Å². The van der Waals surface area contributed by atoms with Crippen LogP contribution in [0.4, 0.5) is 0 Å². The van der Waals surface area contributed by atoms with Crippen LogP contribution in [0.3, 0.4) is 0 Å². The summed E-state index contributed by atoms with van der Waals surface area (Å²) in [5.41, 5.74) is 3.05. The number of hydrogen-bond acceptors (Lipinski definition) is 3. The van der Waals surface area contributed by atoms with Gasteiger partial charge in [0.15, 0.2) is 0 Å². The molecule has 0 aliphatic rings. The highest BCUT2D eigenvalue weighted by Crippen LogP contribution is 2.29. The van der Waals surface area contributed by atoms with E-state index in [9.17, 15) is 5.11 Å². The molecule has 31 heavy (non-hydrogen) atoms. The quantitative estimate of drug-likeness (QED) is 0.328. The van der Waals surface area contributed by atoms with Crippen LogP contribution in [0.1, 0.15) is 22.8 Å². The van der Waals surface area contributed by atoms with Crippen molar-refractivity contribution in [3.8, 4) is 5.75 Å². The van der Waals surface area contributed by atoms with E-state index >= 15 is 0 Å². The van der Waals surface area contributed by atoms with Gasteiger partial charge in [-0.1, -0.05) is 84.4 Å². The van der Waals surface area contributed by atoms with Crippen molar-refractivity contribution in [3.63, 3.8) is 0 Å². The standard InChI is InChI=1S/C26H24ClNO2.ClH/c27-22-13-10-19(11-14-22)18-30-26-15-12-20-6-4-5-9-23(20)24(26)16-28-17-25(29)21-7-2-1-3-8-21;/h1-15,25,28-29H,16-18H2;1H. The number of hydrogen-bond donors (Lipinski definition) is 2. The summed E-state index contributed by atoms with van der Waals surface area (Å²) in [5.74, 6) is 0.838. The summed E-state index contributed by atoms with van der Waals surface area (Å²) in [6, 6.07) is 29.7. The predicted molar refractivity (Wildman–Crippen MR) is 130 cm³/mol. The van der Waals surface area contributed by atoms with Crippen molar-refractivity contribution >= 4 is 34.8 Å². The SMILES string of the molecule is Cl.OC(CNCc1c(OCc2ccc(Cl)cc2)ccc2ccccc12)c1ccccc1. The number of ether oxygens (including phenoxy) is 1. The molecular weight excluding hydrogens is 429 g/mol. The number of aliphatic hydroxyl groups is 1. The third-order valence-corrected chi connectivity index (χ3v) is 5.38. The van der Waals surface area contributed by atoms with Gasteiger partial charge in [0.1, 0.15) is 12.4 Å². The Labute approximate surface area is 194 Å². The molecule has 0 radical (unpaired) electrons. The average Bonchev–Trinajstić information content (AvgIpc) is 2.80. The van der Waals surface area contributed by atoms with Crippen LogP contribution in [0.15, 0.2) is 91.0 Å². The number of aliphatic hydroxyl groups excluding tert-OH is 1. The Balaban J connectivity index is 0.00000272. The molecular formula is C26H25Cl2NO2. The van der Waals surface area contributed by atoms with E-state index in [1.165, 1.54) is 0 Å². The molecule has 3 nitrogen and oxygen atoms in total. The molecule has 160 valence electrons. The molecule has 0 spiro atoms. The first-order valence-electron chi connectivity index (χ1n) is 10.0. The van der Waals surface area contributed by atoms with Gasteiger partial charge in [-0.15, -0.1) is 12.4 Å². The molecule has 0 saturated heterocycles. The Bertz CT molecular complexity index is 1100. The molecule has 0 heterocycles. The van der Waals surface area contributed by atoms with Crippen molar-refractivity contribution < 1.29 is 9.84 Å². The normalized spacial score (nSPS) is 11.7. The molecule has 2 N–H and O–H groups in total. The maximum atomic E-state index is 10.5. The van der Waals surface area contributed by atoms with Crippen molar-refractivity contribution in [1.82, 2.24) is 5.32 Å². The van der Waals surface area contributed by atoms with Gasteiger partial charge in [-0.3, -0.25) is 0 Å². The minimum absolute atomic E-state index is 0. The minimum atomic E-state index is -0.556. The summed E-state index contributed by atoms with van der Waals surface area (Å²) >= 11 is 5.98. The largest absolute Gasteiger partial charge is 0.489 e. The molecule has 0 bridgehead atoms. The number of rotatable bonds is 8. The van der Waals surface area contributed by atoms with E-state index in [2.05, 4.69) is 23.5 Å².